The van der Waals surface area contributed by atoms with Crippen LogP contribution < -0.4 is 15.4 Å². The van der Waals surface area contributed by atoms with Crippen molar-refractivity contribution in [1.82, 2.24) is 15.3 Å². The van der Waals surface area contributed by atoms with E-state index in [-0.39, 0.29) is 11.9 Å². The van der Waals surface area contributed by atoms with Crippen LogP contribution in [-0.2, 0) is 6.54 Å². The van der Waals surface area contributed by atoms with Gasteiger partial charge in [-0.2, -0.15) is 0 Å². The minimum Gasteiger partial charge on any atom is -0.497 e. The van der Waals surface area contributed by atoms with Crippen LogP contribution in [0.1, 0.15) is 34.5 Å². The second kappa shape index (κ2) is 8.80. The quantitative estimate of drug-likeness (QED) is 0.672. The van der Waals surface area contributed by atoms with Gasteiger partial charge in [-0.3, -0.25) is 4.79 Å². The lowest BCUT2D eigenvalue weighted by atomic mass is 10.1. The Morgan fingerprint density at radius 3 is 2.33 bits per heavy atom. The van der Waals surface area contributed by atoms with Gasteiger partial charge in [0.25, 0.3) is 5.91 Å². The number of aromatic nitrogens is 2. The molecule has 0 bridgehead atoms. The van der Waals surface area contributed by atoms with E-state index in [0.717, 1.165) is 16.9 Å². The van der Waals surface area contributed by atoms with Gasteiger partial charge in [-0.15, -0.1) is 0 Å². The van der Waals surface area contributed by atoms with Crippen LogP contribution in [0.15, 0.2) is 67.0 Å². The third-order valence-corrected chi connectivity index (χ3v) is 4.17. The molecule has 2 aromatic carbocycles. The molecule has 2 N–H and O–H groups in total. The number of hydrogen-bond acceptors (Lipinski definition) is 5. The molecule has 3 rings (SSSR count). The molecule has 1 unspecified atom stereocenters. The van der Waals surface area contributed by atoms with E-state index in [0.29, 0.717) is 18.1 Å². The SMILES string of the molecule is COc1ccc(CNC(=O)c2cnc(NC(C)c3ccccc3)nc2)cc1. The number of carbonyl (C=O) groups excluding carboxylic acids is 1. The van der Waals surface area contributed by atoms with Gasteiger partial charge < -0.3 is 15.4 Å². The fraction of sp³-hybridized carbons (Fsp3) is 0.190. The van der Waals surface area contributed by atoms with Crippen molar-refractivity contribution in [1.29, 1.82) is 0 Å². The van der Waals surface area contributed by atoms with Crippen LogP contribution in [-0.4, -0.2) is 23.0 Å². The highest BCUT2D eigenvalue weighted by molar-refractivity contribution is 5.93. The van der Waals surface area contributed by atoms with Gasteiger partial charge in [0.05, 0.1) is 18.7 Å². The van der Waals surface area contributed by atoms with Gasteiger partial charge in [0.2, 0.25) is 5.95 Å². The molecule has 6 nitrogen and oxygen atoms in total. The monoisotopic (exact) mass is 362 g/mol. The van der Waals surface area contributed by atoms with Crippen molar-refractivity contribution in [2.45, 2.75) is 19.5 Å². The summed E-state index contributed by atoms with van der Waals surface area (Å²) in [5, 5.41) is 6.09. The first-order valence-electron chi connectivity index (χ1n) is 8.70. The number of carbonyl (C=O) groups is 1. The minimum absolute atomic E-state index is 0.0703. The Balaban J connectivity index is 1.55. The van der Waals surface area contributed by atoms with Gasteiger partial charge >= 0.3 is 0 Å². The topological polar surface area (TPSA) is 76.1 Å². The molecule has 0 saturated heterocycles. The molecule has 0 saturated carbocycles. The molecule has 0 radical (unpaired) electrons. The van der Waals surface area contributed by atoms with E-state index in [1.165, 1.54) is 12.4 Å². The van der Waals surface area contributed by atoms with Crippen molar-refractivity contribution in [3.63, 3.8) is 0 Å². The zero-order chi connectivity index (χ0) is 19.1. The van der Waals surface area contributed by atoms with E-state index in [1.54, 1.807) is 7.11 Å². The Morgan fingerprint density at radius 2 is 1.70 bits per heavy atom. The molecule has 0 aliphatic heterocycles. The largest absolute Gasteiger partial charge is 0.497 e. The van der Waals surface area contributed by atoms with Gasteiger partial charge in [0.1, 0.15) is 5.75 Å². The molecule has 1 heterocycles. The maximum atomic E-state index is 12.3. The predicted octanol–water partition coefficient (Wildman–Crippen LogP) is 3.59. The predicted molar refractivity (Wildman–Crippen MR) is 105 cm³/mol. The first-order valence-corrected chi connectivity index (χ1v) is 8.70. The summed E-state index contributed by atoms with van der Waals surface area (Å²) in [5.41, 5.74) is 2.55. The summed E-state index contributed by atoms with van der Waals surface area (Å²) in [5.74, 6) is 1.05. The van der Waals surface area contributed by atoms with Gasteiger partial charge in [-0.1, -0.05) is 42.5 Å². The molecule has 1 aromatic heterocycles. The summed E-state index contributed by atoms with van der Waals surface area (Å²) in [6, 6.07) is 17.7. The fourth-order valence-corrected chi connectivity index (χ4v) is 2.57. The molecule has 0 aliphatic carbocycles. The van der Waals surface area contributed by atoms with Crippen LogP contribution in [0.4, 0.5) is 5.95 Å². The van der Waals surface area contributed by atoms with E-state index in [9.17, 15) is 4.79 Å². The maximum absolute atomic E-state index is 12.3. The Kier molecular flexibility index (Phi) is 5.99. The lowest BCUT2D eigenvalue weighted by Crippen LogP contribution is -2.23. The third-order valence-electron chi connectivity index (χ3n) is 4.17. The summed E-state index contributed by atoms with van der Waals surface area (Å²) in [6.07, 6.45) is 3.05. The Labute approximate surface area is 158 Å². The van der Waals surface area contributed by atoms with E-state index in [4.69, 9.17) is 4.74 Å². The molecule has 0 fully saturated rings. The van der Waals surface area contributed by atoms with Crippen LogP contribution in [0, 0.1) is 0 Å². The number of benzene rings is 2. The van der Waals surface area contributed by atoms with Crippen molar-refractivity contribution in [2.24, 2.45) is 0 Å². The molecular formula is C21H22N4O2. The Bertz CT molecular complexity index is 865. The number of ether oxygens (including phenoxy) is 1. The van der Waals surface area contributed by atoms with Gasteiger partial charge in [0, 0.05) is 18.9 Å². The highest BCUT2D eigenvalue weighted by Crippen LogP contribution is 2.16. The van der Waals surface area contributed by atoms with Gasteiger partial charge in [-0.05, 0) is 30.2 Å². The normalized spacial score (nSPS) is 11.5. The zero-order valence-electron chi connectivity index (χ0n) is 15.3. The van der Waals surface area contributed by atoms with E-state index >= 15 is 0 Å². The van der Waals surface area contributed by atoms with Crippen molar-refractivity contribution in [2.75, 3.05) is 12.4 Å². The van der Waals surface area contributed by atoms with Crippen molar-refractivity contribution in [3.05, 3.63) is 83.7 Å². The summed E-state index contributed by atoms with van der Waals surface area (Å²) in [7, 11) is 1.62. The molecule has 27 heavy (non-hydrogen) atoms. The van der Waals surface area contributed by atoms with E-state index < -0.39 is 0 Å². The van der Waals surface area contributed by atoms with Gasteiger partial charge in [-0.25, -0.2) is 9.97 Å². The first-order chi connectivity index (χ1) is 13.2. The molecule has 0 spiro atoms. The average Bonchev–Trinajstić information content (AvgIpc) is 2.73. The second-order valence-electron chi connectivity index (χ2n) is 6.10. The molecule has 6 heteroatoms. The molecule has 138 valence electrons. The number of rotatable bonds is 7. The second-order valence-corrected chi connectivity index (χ2v) is 6.10. The maximum Gasteiger partial charge on any atom is 0.254 e. The van der Waals surface area contributed by atoms with Crippen LogP contribution in [0.25, 0.3) is 0 Å². The average molecular weight is 362 g/mol. The highest BCUT2D eigenvalue weighted by Gasteiger charge is 2.09. The summed E-state index contributed by atoms with van der Waals surface area (Å²) >= 11 is 0. The number of anilines is 1. The van der Waals surface area contributed by atoms with Crippen LogP contribution in [0.3, 0.4) is 0 Å². The highest BCUT2D eigenvalue weighted by atomic mass is 16.5. The van der Waals surface area contributed by atoms with Crippen molar-refractivity contribution < 1.29 is 9.53 Å². The third kappa shape index (κ3) is 5.04. The molecule has 1 amide bonds. The Hall–Kier alpha value is -3.41. The zero-order valence-corrected chi connectivity index (χ0v) is 15.3. The van der Waals surface area contributed by atoms with E-state index in [1.807, 2.05) is 61.5 Å². The Morgan fingerprint density at radius 1 is 1.04 bits per heavy atom. The lowest BCUT2D eigenvalue weighted by molar-refractivity contribution is 0.0950. The van der Waals surface area contributed by atoms with Crippen LogP contribution in [0.5, 0.6) is 5.75 Å². The smallest absolute Gasteiger partial charge is 0.254 e. The van der Waals surface area contributed by atoms with E-state index in [2.05, 4.69) is 20.6 Å². The van der Waals surface area contributed by atoms with Crippen LogP contribution in [0.2, 0.25) is 0 Å². The summed E-state index contributed by atoms with van der Waals surface area (Å²) in [4.78, 5) is 20.7. The fourth-order valence-electron chi connectivity index (χ4n) is 2.57. The number of methoxy groups -OCH3 is 1. The van der Waals surface area contributed by atoms with Gasteiger partial charge in [0.15, 0.2) is 0 Å². The molecule has 0 aliphatic rings. The molecule has 3 aromatic rings. The number of hydrogen-bond donors (Lipinski definition) is 2. The van der Waals surface area contributed by atoms with Crippen molar-refractivity contribution in [3.8, 4) is 5.75 Å². The standard InChI is InChI=1S/C21H22N4O2/c1-15(17-6-4-3-5-7-17)25-21-23-13-18(14-24-21)20(26)22-12-16-8-10-19(27-2)11-9-16/h3-11,13-15H,12H2,1-2H3,(H,22,26)(H,23,24,25). The first kappa shape index (κ1) is 18.4. The minimum atomic E-state index is -0.214. The van der Waals surface area contributed by atoms with Crippen molar-refractivity contribution >= 4 is 11.9 Å². The molecule has 1 atom stereocenters. The summed E-state index contributed by atoms with van der Waals surface area (Å²) in [6.45, 7) is 2.46. The number of nitrogens with zero attached hydrogens (tertiary/aromatic N) is 2. The summed E-state index contributed by atoms with van der Waals surface area (Å²) < 4.78 is 5.12. The molecular weight excluding hydrogens is 340 g/mol. The number of nitrogens with one attached hydrogen (secondary N) is 2. The van der Waals surface area contributed by atoms with Crippen LogP contribution >= 0.6 is 0 Å². The lowest BCUT2D eigenvalue weighted by Gasteiger charge is -2.14. The number of amides is 1.